The summed E-state index contributed by atoms with van der Waals surface area (Å²) in [5.41, 5.74) is 1.24. The molecule has 1 amide bonds. The van der Waals surface area contributed by atoms with Gasteiger partial charge in [-0.25, -0.2) is 4.79 Å². The molecule has 1 aromatic carbocycles. The lowest BCUT2D eigenvalue weighted by molar-refractivity contribution is -0.111. The summed E-state index contributed by atoms with van der Waals surface area (Å²) >= 11 is 6.14. The monoisotopic (exact) mass is 295 g/mol. The Morgan fingerprint density at radius 2 is 2.15 bits per heavy atom. The van der Waals surface area contributed by atoms with Crippen LogP contribution in [0.25, 0.3) is 0 Å². The first-order valence-corrected chi connectivity index (χ1v) is 6.91. The highest BCUT2D eigenvalue weighted by atomic mass is 35.5. The summed E-state index contributed by atoms with van der Waals surface area (Å²) in [6.45, 7) is 5.38. The summed E-state index contributed by atoms with van der Waals surface area (Å²) < 4.78 is 5.24. The second kappa shape index (κ2) is 5.44. The van der Waals surface area contributed by atoms with Gasteiger partial charge in [-0.3, -0.25) is 0 Å². The van der Waals surface area contributed by atoms with Crippen LogP contribution in [0.5, 0.6) is 0 Å². The van der Waals surface area contributed by atoms with Crippen LogP contribution in [0.2, 0.25) is 5.02 Å². The summed E-state index contributed by atoms with van der Waals surface area (Å²) in [7, 11) is 0. The Morgan fingerprint density at radius 3 is 2.75 bits per heavy atom. The van der Waals surface area contributed by atoms with Gasteiger partial charge in [-0.15, -0.1) is 0 Å². The van der Waals surface area contributed by atoms with E-state index in [2.05, 4.69) is 5.32 Å². The zero-order valence-electron chi connectivity index (χ0n) is 11.8. The minimum Gasteiger partial charge on any atom is -0.444 e. The molecule has 0 aliphatic heterocycles. The molecule has 1 N–H and O–H groups in total. The average molecular weight is 296 g/mol. The Bertz CT molecular complexity index is 536. The predicted molar refractivity (Wildman–Crippen MR) is 76.8 cm³/mol. The highest BCUT2D eigenvalue weighted by molar-refractivity contribution is 6.31. The van der Waals surface area contributed by atoms with Gasteiger partial charge in [-0.05, 0) is 44.4 Å². The molecule has 0 heterocycles. The third kappa shape index (κ3) is 3.12. The van der Waals surface area contributed by atoms with Crippen LogP contribution in [0.15, 0.2) is 18.2 Å². The molecule has 0 saturated carbocycles. The number of carbonyl (C=O) groups excluding carboxylic acids is 2. The van der Waals surface area contributed by atoms with Crippen molar-refractivity contribution in [1.29, 1.82) is 0 Å². The van der Waals surface area contributed by atoms with Crippen molar-refractivity contribution >= 4 is 24.0 Å². The minimum absolute atomic E-state index is 0.308. The number of benzene rings is 1. The molecule has 0 radical (unpaired) electrons. The van der Waals surface area contributed by atoms with E-state index in [1.54, 1.807) is 26.8 Å². The van der Waals surface area contributed by atoms with Gasteiger partial charge in [0.15, 0.2) is 0 Å². The summed E-state index contributed by atoms with van der Waals surface area (Å²) in [5, 5.41) is 3.40. The van der Waals surface area contributed by atoms with Gasteiger partial charge in [0, 0.05) is 10.9 Å². The Kier molecular flexibility index (Phi) is 4.04. The molecule has 1 aromatic rings. The fourth-order valence-electron chi connectivity index (χ4n) is 2.41. The van der Waals surface area contributed by atoms with E-state index in [1.165, 1.54) is 0 Å². The van der Waals surface area contributed by atoms with Gasteiger partial charge in [0.25, 0.3) is 0 Å². The SMILES string of the molecule is CC(C)(C)OC(=O)N[C@@H]1c2cccc(Cl)c2C[C@H]1C=O. The molecule has 5 heteroatoms. The van der Waals surface area contributed by atoms with Crippen LogP contribution >= 0.6 is 11.6 Å². The number of fused-ring (bicyclic) bond motifs is 1. The third-order valence-electron chi connectivity index (χ3n) is 3.21. The molecule has 0 saturated heterocycles. The largest absolute Gasteiger partial charge is 0.444 e. The number of rotatable bonds is 2. The topological polar surface area (TPSA) is 55.4 Å². The number of nitrogens with one attached hydrogen (secondary N) is 1. The molecule has 0 bridgehead atoms. The second-order valence-corrected chi connectivity index (χ2v) is 6.34. The summed E-state index contributed by atoms with van der Waals surface area (Å²) in [4.78, 5) is 23.1. The van der Waals surface area contributed by atoms with Gasteiger partial charge >= 0.3 is 6.09 Å². The second-order valence-electron chi connectivity index (χ2n) is 5.94. The molecular weight excluding hydrogens is 278 g/mol. The lowest BCUT2D eigenvalue weighted by Gasteiger charge is -2.23. The van der Waals surface area contributed by atoms with E-state index in [0.29, 0.717) is 11.4 Å². The number of amides is 1. The number of halogens is 1. The molecule has 0 unspecified atom stereocenters. The average Bonchev–Trinajstić information content (AvgIpc) is 2.67. The molecule has 0 fully saturated rings. The van der Waals surface area contributed by atoms with E-state index >= 15 is 0 Å². The molecule has 2 atom stereocenters. The maximum atomic E-state index is 11.9. The highest BCUT2D eigenvalue weighted by Crippen LogP contribution is 2.38. The minimum atomic E-state index is -0.573. The molecule has 0 aromatic heterocycles. The first-order valence-electron chi connectivity index (χ1n) is 6.54. The van der Waals surface area contributed by atoms with E-state index < -0.39 is 11.7 Å². The van der Waals surface area contributed by atoms with Crippen LogP contribution < -0.4 is 5.32 Å². The van der Waals surface area contributed by atoms with Crippen molar-refractivity contribution in [2.24, 2.45) is 5.92 Å². The van der Waals surface area contributed by atoms with E-state index in [0.717, 1.165) is 17.4 Å². The van der Waals surface area contributed by atoms with Crippen LogP contribution in [0, 0.1) is 5.92 Å². The third-order valence-corrected chi connectivity index (χ3v) is 3.56. The Hall–Kier alpha value is -1.55. The Morgan fingerprint density at radius 1 is 1.45 bits per heavy atom. The fraction of sp³-hybridized carbons (Fsp3) is 0.467. The highest BCUT2D eigenvalue weighted by Gasteiger charge is 2.35. The van der Waals surface area contributed by atoms with Gasteiger partial charge in [-0.1, -0.05) is 23.7 Å². The van der Waals surface area contributed by atoms with Crippen LogP contribution in [-0.4, -0.2) is 18.0 Å². The fourth-order valence-corrected chi connectivity index (χ4v) is 2.67. The summed E-state index contributed by atoms with van der Waals surface area (Å²) in [5.74, 6) is -0.308. The van der Waals surface area contributed by atoms with Crippen molar-refractivity contribution in [3.05, 3.63) is 34.3 Å². The van der Waals surface area contributed by atoms with E-state index in [-0.39, 0.29) is 12.0 Å². The number of ether oxygens (including phenoxy) is 1. The quantitative estimate of drug-likeness (QED) is 0.852. The molecule has 0 spiro atoms. The maximum Gasteiger partial charge on any atom is 0.408 e. The Balaban J connectivity index is 2.21. The molecule has 1 aliphatic rings. The smallest absolute Gasteiger partial charge is 0.408 e. The first-order chi connectivity index (χ1) is 9.31. The summed E-state index contributed by atoms with van der Waals surface area (Å²) in [6.07, 6.45) is 0.874. The van der Waals surface area contributed by atoms with E-state index in [9.17, 15) is 9.59 Å². The molecule has 4 nitrogen and oxygen atoms in total. The molecule has 2 rings (SSSR count). The molecular formula is C15H18ClNO3. The summed E-state index contributed by atoms with van der Waals surface area (Å²) in [6, 6.07) is 5.11. The zero-order valence-corrected chi connectivity index (χ0v) is 12.5. The number of hydrogen-bond acceptors (Lipinski definition) is 3. The number of carbonyl (C=O) groups is 2. The zero-order chi connectivity index (χ0) is 14.9. The van der Waals surface area contributed by atoms with Crippen molar-refractivity contribution in [1.82, 2.24) is 5.32 Å². The van der Waals surface area contributed by atoms with E-state index in [1.807, 2.05) is 12.1 Å². The van der Waals surface area contributed by atoms with Crippen molar-refractivity contribution in [3.63, 3.8) is 0 Å². The normalized spacial score (nSPS) is 21.2. The van der Waals surface area contributed by atoms with Crippen molar-refractivity contribution in [2.45, 2.75) is 38.8 Å². The van der Waals surface area contributed by atoms with E-state index in [4.69, 9.17) is 16.3 Å². The van der Waals surface area contributed by atoms with Crippen LogP contribution in [-0.2, 0) is 16.0 Å². The molecule has 108 valence electrons. The van der Waals surface area contributed by atoms with Crippen LogP contribution in [0.1, 0.15) is 37.9 Å². The number of aldehydes is 1. The lowest BCUT2D eigenvalue weighted by atomic mass is 10.0. The van der Waals surface area contributed by atoms with Crippen molar-refractivity contribution in [2.75, 3.05) is 0 Å². The molecule has 1 aliphatic carbocycles. The predicted octanol–water partition coefficient (Wildman–Crippen LogP) is 3.28. The molecule has 20 heavy (non-hydrogen) atoms. The Labute approximate surface area is 123 Å². The van der Waals surface area contributed by atoms with Gasteiger partial charge in [-0.2, -0.15) is 0 Å². The van der Waals surface area contributed by atoms with Gasteiger partial charge in [0.05, 0.1) is 6.04 Å². The first kappa shape index (κ1) is 14.9. The van der Waals surface area contributed by atoms with Crippen LogP contribution in [0.4, 0.5) is 4.79 Å². The lowest BCUT2D eigenvalue weighted by Crippen LogP contribution is -2.36. The van der Waals surface area contributed by atoms with Gasteiger partial charge in [0.2, 0.25) is 0 Å². The van der Waals surface area contributed by atoms with Gasteiger partial charge in [0.1, 0.15) is 11.9 Å². The number of alkyl carbamates (subject to hydrolysis) is 1. The van der Waals surface area contributed by atoms with Crippen molar-refractivity contribution in [3.8, 4) is 0 Å². The standard InChI is InChI=1S/C15H18ClNO3/c1-15(2,3)20-14(19)17-13-9(8-18)7-11-10(13)5-4-6-12(11)16/h4-6,8-9,13H,7H2,1-3H3,(H,17,19)/t9-,13-/m0/s1. The van der Waals surface area contributed by atoms with Crippen molar-refractivity contribution < 1.29 is 14.3 Å². The van der Waals surface area contributed by atoms with Gasteiger partial charge < -0.3 is 14.8 Å². The van der Waals surface area contributed by atoms with Crippen LogP contribution in [0.3, 0.4) is 0 Å². The maximum absolute atomic E-state index is 11.9. The number of hydrogen-bond donors (Lipinski definition) is 1.